The Kier molecular flexibility index (Phi) is 6.85. The largest absolute Gasteiger partial charge is 0.347 e. The Morgan fingerprint density at radius 2 is 1.73 bits per heavy atom. The number of urea groups is 1. The van der Waals surface area contributed by atoms with Crippen molar-refractivity contribution in [3.05, 3.63) is 90.3 Å². The maximum atomic E-state index is 12.3. The minimum absolute atomic E-state index is 0.218. The first kappa shape index (κ1) is 22.3. The fraction of sp³-hybridized carbons (Fsp3) is 0.120. The number of hydrogen-bond donors (Lipinski definition) is 3. The fourth-order valence-electron chi connectivity index (χ4n) is 3.27. The lowest BCUT2D eigenvalue weighted by Crippen LogP contribution is -2.13. The Morgan fingerprint density at radius 3 is 2.45 bits per heavy atom. The van der Waals surface area contributed by atoms with Crippen LogP contribution in [0.4, 0.5) is 16.2 Å². The van der Waals surface area contributed by atoms with Crippen LogP contribution in [0.15, 0.2) is 84.1 Å². The van der Waals surface area contributed by atoms with Gasteiger partial charge in [-0.05, 0) is 61.4 Å². The summed E-state index contributed by atoms with van der Waals surface area (Å²) >= 11 is 4.29. The van der Waals surface area contributed by atoms with Crippen molar-refractivity contribution in [2.24, 2.45) is 4.99 Å². The van der Waals surface area contributed by atoms with Crippen molar-refractivity contribution in [2.45, 2.75) is 20.3 Å². The third-order valence-electron chi connectivity index (χ3n) is 5.04. The van der Waals surface area contributed by atoms with Gasteiger partial charge < -0.3 is 10.6 Å². The number of amides is 2. The number of aromatic nitrogens is 3. The molecule has 1 heterocycles. The lowest BCUT2D eigenvalue weighted by molar-refractivity contribution is 0.259. The average Bonchev–Trinajstić information content (AvgIpc) is 3.30. The molecular weight excluding hydrogens is 432 g/mol. The van der Waals surface area contributed by atoms with Gasteiger partial charge in [-0.3, -0.25) is 0 Å². The van der Waals surface area contributed by atoms with Gasteiger partial charge in [-0.1, -0.05) is 42.8 Å². The van der Waals surface area contributed by atoms with Crippen LogP contribution in [0.2, 0.25) is 0 Å². The van der Waals surface area contributed by atoms with Gasteiger partial charge in [0.05, 0.1) is 5.69 Å². The van der Waals surface area contributed by atoms with E-state index in [9.17, 15) is 4.79 Å². The number of aliphatic imine (C=N–C) groups is 1. The second-order valence-electron chi connectivity index (χ2n) is 7.43. The highest BCUT2D eigenvalue weighted by Gasteiger charge is 2.08. The standard InChI is InChI=1S/C25H24N6OS/c1-3-18-6-4-5-7-22(18)28-25(33)29-24(32)27-20-12-10-19(11-13-20)23-26-16-31(30-23)21-14-8-17(2)9-15-21/h4-16H,3H2,1-2H3,(H3,27,28,29,32,33). The molecule has 0 radical (unpaired) electrons. The molecule has 0 bridgehead atoms. The van der Waals surface area contributed by atoms with Gasteiger partial charge in [0.1, 0.15) is 6.33 Å². The summed E-state index contributed by atoms with van der Waals surface area (Å²) in [6.07, 6.45) is 2.54. The van der Waals surface area contributed by atoms with Gasteiger partial charge in [0.15, 0.2) is 11.0 Å². The Morgan fingerprint density at radius 1 is 1.00 bits per heavy atom. The minimum Gasteiger partial charge on any atom is -0.335 e. The number of thiol groups is 1. The maximum Gasteiger partial charge on any atom is 0.347 e. The molecule has 33 heavy (non-hydrogen) atoms. The zero-order chi connectivity index (χ0) is 23.2. The van der Waals surface area contributed by atoms with E-state index in [1.54, 1.807) is 23.1 Å². The predicted molar refractivity (Wildman–Crippen MR) is 136 cm³/mol. The molecule has 0 saturated heterocycles. The van der Waals surface area contributed by atoms with Gasteiger partial charge in [-0.15, -0.1) is 17.7 Å². The number of para-hydroxylation sites is 1. The first-order valence-electron chi connectivity index (χ1n) is 10.5. The molecule has 4 rings (SSSR count). The Labute approximate surface area is 198 Å². The molecular formula is C25H24N6OS. The molecule has 0 aliphatic rings. The quantitative estimate of drug-likeness (QED) is 0.203. The number of carbonyl (C=O) groups is 1. The monoisotopic (exact) mass is 456 g/mol. The van der Waals surface area contributed by atoms with Crippen molar-refractivity contribution in [2.75, 3.05) is 10.6 Å². The SMILES string of the molecule is CCc1ccccc1N/C(S)=N/C(=O)Nc1ccc(-c2ncn(-c3ccc(C)cc3)n2)cc1. The molecule has 3 aromatic carbocycles. The summed E-state index contributed by atoms with van der Waals surface area (Å²) in [6, 6.07) is 22.7. The average molecular weight is 457 g/mol. The molecule has 0 aliphatic heterocycles. The molecule has 8 heteroatoms. The van der Waals surface area contributed by atoms with Crippen molar-refractivity contribution in [1.29, 1.82) is 0 Å². The van der Waals surface area contributed by atoms with E-state index in [2.05, 4.69) is 45.3 Å². The van der Waals surface area contributed by atoms with Crippen LogP contribution in [-0.4, -0.2) is 26.0 Å². The van der Waals surface area contributed by atoms with Crippen LogP contribution in [0, 0.1) is 6.92 Å². The number of hydrogen-bond acceptors (Lipinski definition) is 3. The molecule has 0 spiro atoms. The highest BCUT2D eigenvalue weighted by atomic mass is 32.1. The summed E-state index contributed by atoms with van der Waals surface area (Å²) in [5, 5.41) is 10.6. The predicted octanol–water partition coefficient (Wildman–Crippen LogP) is 5.73. The van der Waals surface area contributed by atoms with Gasteiger partial charge in [0, 0.05) is 16.9 Å². The molecule has 0 unspecified atom stereocenters. The number of amidine groups is 1. The molecule has 2 N–H and O–H groups in total. The third kappa shape index (κ3) is 5.67. The van der Waals surface area contributed by atoms with Crippen LogP contribution in [0.5, 0.6) is 0 Å². The normalized spacial score (nSPS) is 11.3. The molecule has 7 nitrogen and oxygen atoms in total. The fourth-order valence-corrected chi connectivity index (χ4v) is 3.48. The van der Waals surface area contributed by atoms with Crippen molar-refractivity contribution >= 4 is 35.2 Å². The van der Waals surface area contributed by atoms with Crippen LogP contribution >= 0.6 is 12.6 Å². The van der Waals surface area contributed by atoms with Gasteiger partial charge in [-0.2, -0.15) is 4.99 Å². The molecule has 166 valence electrons. The zero-order valence-electron chi connectivity index (χ0n) is 18.4. The Hall–Kier alpha value is -3.91. The number of rotatable bonds is 5. The van der Waals surface area contributed by atoms with Crippen LogP contribution in [0.1, 0.15) is 18.1 Å². The summed E-state index contributed by atoms with van der Waals surface area (Å²) < 4.78 is 1.73. The van der Waals surface area contributed by atoms with Crippen LogP contribution in [-0.2, 0) is 6.42 Å². The second-order valence-corrected chi connectivity index (χ2v) is 7.85. The van der Waals surface area contributed by atoms with Crippen LogP contribution in [0.3, 0.4) is 0 Å². The van der Waals surface area contributed by atoms with E-state index in [1.165, 1.54) is 5.56 Å². The molecule has 0 fully saturated rings. The highest BCUT2D eigenvalue weighted by Crippen LogP contribution is 2.20. The van der Waals surface area contributed by atoms with Gasteiger partial charge in [-0.25, -0.2) is 14.5 Å². The van der Waals surface area contributed by atoms with Crippen molar-refractivity contribution < 1.29 is 4.79 Å². The van der Waals surface area contributed by atoms with E-state index in [-0.39, 0.29) is 5.17 Å². The highest BCUT2D eigenvalue weighted by molar-refractivity contribution is 7.97. The number of nitrogens with one attached hydrogen (secondary N) is 2. The number of benzene rings is 3. The smallest absolute Gasteiger partial charge is 0.335 e. The third-order valence-corrected chi connectivity index (χ3v) is 5.25. The Bertz CT molecular complexity index is 1280. The lowest BCUT2D eigenvalue weighted by atomic mass is 10.1. The number of carbonyl (C=O) groups excluding carboxylic acids is 1. The number of aryl methyl sites for hydroxylation is 2. The molecule has 1 aromatic heterocycles. The number of anilines is 2. The first-order chi connectivity index (χ1) is 16.0. The summed E-state index contributed by atoms with van der Waals surface area (Å²) in [4.78, 5) is 20.6. The Balaban J connectivity index is 1.40. The molecule has 0 aliphatic carbocycles. The minimum atomic E-state index is -0.518. The van der Waals surface area contributed by atoms with E-state index in [1.807, 2.05) is 67.6 Å². The molecule has 0 saturated carbocycles. The van der Waals surface area contributed by atoms with E-state index in [0.29, 0.717) is 11.5 Å². The second kappa shape index (κ2) is 10.1. The summed E-state index contributed by atoms with van der Waals surface area (Å²) in [5.41, 5.74) is 5.58. The van der Waals surface area contributed by atoms with Crippen molar-refractivity contribution in [3.63, 3.8) is 0 Å². The van der Waals surface area contributed by atoms with Gasteiger partial charge >= 0.3 is 6.03 Å². The topological polar surface area (TPSA) is 84.2 Å². The van der Waals surface area contributed by atoms with E-state index in [0.717, 1.165) is 28.9 Å². The van der Waals surface area contributed by atoms with E-state index < -0.39 is 6.03 Å². The summed E-state index contributed by atoms with van der Waals surface area (Å²) in [5.74, 6) is 0.600. The lowest BCUT2D eigenvalue weighted by Gasteiger charge is -2.09. The molecule has 4 aromatic rings. The first-order valence-corrected chi connectivity index (χ1v) is 11.0. The zero-order valence-corrected chi connectivity index (χ0v) is 19.3. The van der Waals surface area contributed by atoms with Crippen molar-refractivity contribution in [3.8, 4) is 17.1 Å². The van der Waals surface area contributed by atoms with Crippen LogP contribution in [0.25, 0.3) is 17.1 Å². The van der Waals surface area contributed by atoms with Gasteiger partial charge in [0.2, 0.25) is 0 Å². The van der Waals surface area contributed by atoms with Crippen LogP contribution < -0.4 is 10.6 Å². The molecule has 2 amide bonds. The number of nitrogens with zero attached hydrogens (tertiary/aromatic N) is 4. The summed E-state index contributed by atoms with van der Waals surface area (Å²) in [6.45, 7) is 4.11. The van der Waals surface area contributed by atoms with E-state index >= 15 is 0 Å². The molecule has 0 atom stereocenters. The maximum absolute atomic E-state index is 12.3. The van der Waals surface area contributed by atoms with E-state index in [4.69, 9.17) is 0 Å². The summed E-state index contributed by atoms with van der Waals surface area (Å²) in [7, 11) is 0. The van der Waals surface area contributed by atoms with Gasteiger partial charge in [0.25, 0.3) is 0 Å². The van der Waals surface area contributed by atoms with Crippen molar-refractivity contribution in [1.82, 2.24) is 14.8 Å².